The molecule has 0 aromatic heterocycles. The Balaban J connectivity index is 0.00000529. The number of carbonyl (C=O) groups is 1. The highest BCUT2D eigenvalue weighted by molar-refractivity contribution is 14.0. The number of esters is 1. The van der Waals surface area contributed by atoms with Crippen molar-refractivity contribution in [2.75, 3.05) is 33.4 Å². The Labute approximate surface area is 163 Å². The highest BCUT2D eigenvalue weighted by atomic mass is 127. The van der Waals surface area contributed by atoms with E-state index in [1.165, 1.54) is 26.4 Å². The maximum atomic E-state index is 11.5. The molecule has 1 rings (SSSR count). The van der Waals surface area contributed by atoms with Gasteiger partial charge in [0.1, 0.15) is 0 Å². The lowest BCUT2D eigenvalue weighted by molar-refractivity contribution is -0.144. The van der Waals surface area contributed by atoms with E-state index in [0.717, 1.165) is 38.3 Å². The second kappa shape index (κ2) is 12.7. The third-order valence-corrected chi connectivity index (χ3v) is 4.65. The molecule has 0 aliphatic heterocycles. The van der Waals surface area contributed by atoms with Crippen LogP contribution < -0.4 is 10.6 Å². The van der Waals surface area contributed by atoms with Crippen molar-refractivity contribution < 1.29 is 14.6 Å². The van der Waals surface area contributed by atoms with Gasteiger partial charge in [-0.1, -0.05) is 26.2 Å². The number of aliphatic hydroxyl groups excluding tert-OH is 1. The van der Waals surface area contributed by atoms with E-state index >= 15 is 0 Å². The lowest BCUT2D eigenvalue weighted by Crippen LogP contribution is -2.42. The molecule has 0 heterocycles. The third-order valence-electron chi connectivity index (χ3n) is 4.65. The van der Waals surface area contributed by atoms with Gasteiger partial charge in [0, 0.05) is 26.2 Å². The maximum absolute atomic E-state index is 11.5. The summed E-state index contributed by atoms with van der Waals surface area (Å²) in [5.41, 5.74) is 0.128. The van der Waals surface area contributed by atoms with E-state index in [9.17, 15) is 9.90 Å². The zero-order valence-corrected chi connectivity index (χ0v) is 17.6. The molecule has 1 aliphatic carbocycles. The van der Waals surface area contributed by atoms with Crippen LogP contribution in [0.4, 0.5) is 0 Å². The van der Waals surface area contributed by atoms with Crippen LogP contribution in [0.5, 0.6) is 0 Å². The fourth-order valence-electron chi connectivity index (χ4n) is 3.15. The Hall–Kier alpha value is -0.570. The normalized spacial score (nSPS) is 18.2. The van der Waals surface area contributed by atoms with Crippen LogP contribution in [0.15, 0.2) is 4.99 Å². The van der Waals surface area contributed by atoms with Crippen molar-refractivity contribution in [1.29, 1.82) is 0 Å². The summed E-state index contributed by atoms with van der Waals surface area (Å²) < 4.78 is 4.74. The molecule has 142 valence electrons. The number of methoxy groups -OCH3 is 1. The highest BCUT2D eigenvalue weighted by Crippen LogP contribution is 2.39. The number of aliphatic imine (C=N–C) groups is 1. The van der Waals surface area contributed by atoms with Gasteiger partial charge in [-0.05, 0) is 31.6 Å². The minimum Gasteiger partial charge on any atom is -0.469 e. The number of ether oxygens (including phenoxy) is 1. The largest absolute Gasteiger partial charge is 0.469 e. The molecular weight excluding hydrogens is 421 g/mol. The second-order valence-corrected chi connectivity index (χ2v) is 6.53. The summed E-state index contributed by atoms with van der Waals surface area (Å²) in [6.07, 6.45) is 6.81. The number of guanidine groups is 1. The van der Waals surface area contributed by atoms with Crippen molar-refractivity contribution in [1.82, 2.24) is 10.6 Å². The van der Waals surface area contributed by atoms with Gasteiger partial charge in [-0.25, -0.2) is 0 Å². The van der Waals surface area contributed by atoms with E-state index < -0.39 is 0 Å². The average molecular weight is 455 g/mol. The van der Waals surface area contributed by atoms with E-state index in [2.05, 4.69) is 10.6 Å². The minimum absolute atomic E-state index is 0. The molecule has 0 spiro atoms. The summed E-state index contributed by atoms with van der Waals surface area (Å²) >= 11 is 0. The molecule has 1 fully saturated rings. The predicted octanol–water partition coefficient (Wildman–Crippen LogP) is 2.30. The molecule has 1 unspecified atom stereocenters. The van der Waals surface area contributed by atoms with E-state index in [1.807, 2.05) is 13.8 Å². The number of hydrogen-bond acceptors (Lipinski definition) is 4. The lowest BCUT2D eigenvalue weighted by Gasteiger charge is -2.35. The van der Waals surface area contributed by atoms with Crippen LogP contribution in [0.25, 0.3) is 0 Å². The quantitative estimate of drug-likeness (QED) is 0.227. The molecule has 0 saturated heterocycles. The zero-order chi connectivity index (χ0) is 17.1. The van der Waals surface area contributed by atoms with Gasteiger partial charge in [0.15, 0.2) is 5.96 Å². The zero-order valence-electron chi connectivity index (χ0n) is 15.3. The standard InChI is InChI=1S/C17H33N3O3.HI/c1-4-18-16(19-12-14(2)15(22)23-3)20-13-17(10-11-21)8-6-5-7-9-17;/h14,21H,4-13H2,1-3H3,(H2,18,19,20);1H. The van der Waals surface area contributed by atoms with E-state index in [-0.39, 0.29) is 47.9 Å². The van der Waals surface area contributed by atoms with Crippen molar-refractivity contribution in [2.24, 2.45) is 16.3 Å². The van der Waals surface area contributed by atoms with Gasteiger partial charge in [0.2, 0.25) is 0 Å². The van der Waals surface area contributed by atoms with E-state index in [4.69, 9.17) is 9.73 Å². The Morgan fingerprint density at radius 1 is 1.29 bits per heavy atom. The van der Waals surface area contributed by atoms with Crippen LogP contribution in [0.2, 0.25) is 0 Å². The summed E-state index contributed by atoms with van der Waals surface area (Å²) in [4.78, 5) is 16.2. The molecule has 0 aromatic rings. The van der Waals surface area contributed by atoms with Crippen LogP contribution >= 0.6 is 24.0 Å². The van der Waals surface area contributed by atoms with Gasteiger partial charge in [-0.15, -0.1) is 24.0 Å². The van der Waals surface area contributed by atoms with Crippen molar-refractivity contribution in [3.05, 3.63) is 0 Å². The molecule has 24 heavy (non-hydrogen) atoms. The first-order chi connectivity index (χ1) is 11.1. The van der Waals surface area contributed by atoms with Crippen molar-refractivity contribution in [3.8, 4) is 0 Å². The molecule has 7 heteroatoms. The fraction of sp³-hybridized carbons (Fsp3) is 0.882. The first kappa shape index (κ1) is 23.4. The van der Waals surface area contributed by atoms with Crippen molar-refractivity contribution in [2.45, 2.75) is 52.4 Å². The van der Waals surface area contributed by atoms with Gasteiger partial charge in [0.05, 0.1) is 13.0 Å². The molecule has 3 N–H and O–H groups in total. The summed E-state index contributed by atoms with van der Waals surface area (Å²) in [6, 6.07) is 0. The Morgan fingerprint density at radius 2 is 1.96 bits per heavy atom. The van der Waals surface area contributed by atoms with E-state index in [0.29, 0.717) is 6.54 Å². The number of carbonyl (C=O) groups excluding carboxylic acids is 1. The molecule has 0 radical (unpaired) electrons. The first-order valence-electron chi connectivity index (χ1n) is 8.78. The average Bonchev–Trinajstić information content (AvgIpc) is 2.57. The summed E-state index contributed by atoms with van der Waals surface area (Å²) in [6.45, 7) is 6.05. The fourth-order valence-corrected chi connectivity index (χ4v) is 3.15. The minimum atomic E-state index is -0.225. The summed E-state index contributed by atoms with van der Waals surface area (Å²) in [5.74, 6) is 0.286. The number of rotatable bonds is 8. The van der Waals surface area contributed by atoms with E-state index in [1.54, 1.807) is 0 Å². The molecule has 6 nitrogen and oxygen atoms in total. The number of hydrogen-bond donors (Lipinski definition) is 3. The van der Waals surface area contributed by atoms with Gasteiger partial charge >= 0.3 is 5.97 Å². The molecule has 1 aliphatic rings. The number of halogens is 1. The monoisotopic (exact) mass is 455 g/mol. The van der Waals surface area contributed by atoms with Crippen molar-refractivity contribution >= 4 is 35.9 Å². The van der Waals surface area contributed by atoms with Crippen molar-refractivity contribution in [3.63, 3.8) is 0 Å². The third kappa shape index (κ3) is 8.00. The Bertz CT molecular complexity index is 380. The van der Waals surface area contributed by atoms with Crippen LogP contribution in [0, 0.1) is 11.3 Å². The number of aliphatic hydroxyl groups is 1. The van der Waals surface area contributed by atoms with Crippen LogP contribution in [0.3, 0.4) is 0 Å². The first-order valence-corrected chi connectivity index (χ1v) is 8.78. The Morgan fingerprint density at radius 3 is 2.50 bits per heavy atom. The molecule has 1 saturated carbocycles. The van der Waals surface area contributed by atoms with Gasteiger partial charge in [0.25, 0.3) is 0 Å². The summed E-state index contributed by atoms with van der Waals surface area (Å²) in [7, 11) is 1.40. The van der Waals surface area contributed by atoms with Crippen LogP contribution in [-0.4, -0.2) is 50.4 Å². The number of nitrogens with zero attached hydrogens (tertiary/aromatic N) is 1. The molecular formula is C17H34IN3O3. The number of nitrogens with one attached hydrogen (secondary N) is 2. The smallest absolute Gasteiger partial charge is 0.310 e. The predicted molar refractivity (Wildman–Crippen MR) is 108 cm³/mol. The second-order valence-electron chi connectivity index (χ2n) is 6.53. The van der Waals surface area contributed by atoms with Gasteiger partial charge < -0.3 is 20.5 Å². The molecule has 0 bridgehead atoms. The highest BCUT2D eigenvalue weighted by Gasteiger charge is 2.31. The SMILES string of the molecule is CCNC(=NCC1(CCO)CCCCC1)NCC(C)C(=O)OC.I. The van der Waals surface area contributed by atoms with Gasteiger partial charge in [-0.2, -0.15) is 0 Å². The van der Waals surface area contributed by atoms with Crippen LogP contribution in [-0.2, 0) is 9.53 Å². The molecule has 1 atom stereocenters. The lowest BCUT2D eigenvalue weighted by atomic mass is 9.72. The molecule has 0 aromatic carbocycles. The Kier molecular flexibility index (Phi) is 12.4. The molecule has 0 amide bonds. The van der Waals surface area contributed by atoms with Crippen LogP contribution in [0.1, 0.15) is 52.4 Å². The maximum Gasteiger partial charge on any atom is 0.310 e. The van der Waals surface area contributed by atoms with Gasteiger partial charge in [-0.3, -0.25) is 9.79 Å². The summed E-state index contributed by atoms with van der Waals surface area (Å²) in [5, 5.41) is 15.8. The topological polar surface area (TPSA) is 83.0 Å².